The zero-order valence-electron chi connectivity index (χ0n) is 14.8. The Morgan fingerprint density at radius 2 is 1.82 bits per heavy atom. The number of thioether (sulfide) groups is 1. The first-order valence-electron chi connectivity index (χ1n) is 7.90. The highest BCUT2D eigenvalue weighted by Crippen LogP contribution is 2.37. The zero-order chi connectivity index (χ0) is 20.3. The number of imide groups is 1. The lowest BCUT2D eigenvalue weighted by atomic mass is 10.1. The van der Waals surface area contributed by atoms with Crippen molar-refractivity contribution in [2.45, 2.75) is 0 Å². The molecule has 3 rings (SSSR count). The Balaban J connectivity index is 1.85. The Hall–Kier alpha value is -2.78. The second kappa shape index (κ2) is 8.49. The van der Waals surface area contributed by atoms with Crippen molar-refractivity contribution in [1.82, 2.24) is 5.32 Å². The number of rotatable bonds is 5. The van der Waals surface area contributed by atoms with Crippen LogP contribution in [0.2, 0.25) is 0 Å². The van der Waals surface area contributed by atoms with Crippen LogP contribution < -0.4 is 14.8 Å². The Labute approximate surface area is 173 Å². The van der Waals surface area contributed by atoms with Crippen molar-refractivity contribution < 1.29 is 28.6 Å². The molecule has 0 spiro atoms. The van der Waals surface area contributed by atoms with Crippen molar-refractivity contribution >= 4 is 50.9 Å². The first kappa shape index (κ1) is 20.0. The van der Waals surface area contributed by atoms with Crippen LogP contribution in [0.25, 0.3) is 6.08 Å². The van der Waals surface area contributed by atoms with Crippen molar-refractivity contribution in [2.75, 3.05) is 14.2 Å². The summed E-state index contributed by atoms with van der Waals surface area (Å²) in [5.41, 5.74) is 1.06. The molecule has 2 aromatic rings. The number of esters is 1. The fraction of sp³-hybridized carbons (Fsp3) is 0.105. The average molecular weight is 464 g/mol. The third-order valence-electron chi connectivity index (χ3n) is 3.70. The zero-order valence-corrected chi connectivity index (χ0v) is 17.2. The summed E-state index contributed by atoms with van der Waals surface area (Å²) in [7, 11) is 2.81. The summed E-state index contributed by atoms with van der Waals surface area (Å²) in [5, 5.41) is 1.81. The van der Waals surface area contributed by atoms with E-state index in [-0.39, 0.29) is 0 Å². The molecule has 2 amide bonds. The van der Waals surface area contributed by atoms with E-state index < -0.39 is 17.1 Å². The van der Waals surface area contributed by atoms with E-state index >= 15 is 0 Å². The lowest BCUT2D eigenvalue weighted by Gasteiger charge is -2.13. The van der Waals surface area contributed by atoms with E-state index in [4.69, 9.17) is 14.2 Å². The molecule has 0 saturated carbocycles. The molecule has 1 aliphatic heterocycles. The second-order valence-electron chi connectivity index (χ2n) is 5.50. The molecule has 0 bridgehead atoms. The third-order valence-corrected chi connectivity index (χ3v) is 5.13. The molecule has 0 atom stereocenters. The molecule has 1 heterocycles. The minimum atomic E-state index is -0.450. The van der Waals surface area contributed by atoms with Gasteiger partial charge in [0.1, 0.15) is 5.75 Å². The van der Waals surface area contributed by atoms with Crippen LogP contribution in [0.5, 0.6) is 17.2 Å². The van der Waals surface area contributed by atoms with E-state index in [1.54, 1.807) is 42.5 Å². The van der Waals surface area contributed by atoms with Gasteiger partial charge in [0.05, 0.1) is 29.2 Å². The van der Waals surface area contributed by atoms with E-state index in [0.29, 0.717) is 37.8 Å². The standard InChI is InChI=1S/C19H14BrNO6S/c1-25-15-7-10(8-16-17(22)21-19(24)28-16)3-5-14(15)27-13-6-4-11(9-12(13)20)18(23)26-2/h3-9H,1-2H3,(H,21,22,24)/b16-8-. The van der Waals surface area contributed by atoms with Gasteiger partial charge in [-0.15, -0.1) is 0 Å². The highest BCUT2D eigenvalue weighted by molar-refractivity contribution is 9.10. The lowest BCUT2D eigenvalue weighted by Crippen LogP contribution is -2.17. The molecular weight excluding hydrogens is 450 g/mol. The molecular formula is C19H14BrNO6S. The second-order valence-corrected chi connectivity index (χ2v) is 7.37. The lowest BCUT2D eigenvalue weighted by molar-refractivity contribution is -0.115. The maximum absolute atomic E-state index is 11.7. The minimum absolute atomic E-state index is 0.307. The van der Waals surface area contributed by atoms with Crippen LogP contribution in [0, 0.1) is 0 Å². The number of methoxy groups -OCH3 is 2. The SMILES string of the molecule is COC(=O)c1ccc(Oc2ccc(/C=C3\SC(=O)NC3=O)cc2OC)c(Br)c1. The molecule has 1 aliphatic rings. The molecule has 0 aromatic heterocycles. The summed E-state index contributed by atoms with van der Waals surface area (Å²) < 4.78 is 16.5. The first-order valence-corrected chi connectivity index (χ1v) is 9.51. The van der Waals surface area contributed by atoms with Crippen LogP contribution in [-0.4, -0.2) is 31.3 Å². The molecule has 1 fully saturated rings. The Bertz CT molecular complexity index is 1000. The number of nitrogens with one attached hydrogen (secondary N) is 1. The number of amides is 2. The highest BCUT2D eigenvalue weighted by atomic mass is 79.9. The average Bonchev–Trinajstić information content (AvgIpc) is 3.00. The maximum Gasteiger partial charge on any atom is 0.337 e. The number of carbonyl (C=O) groups is 3. The van der Waals surface area contributed by atoms with Crippen molar-refractivity contribution in [3.63, 3.8) is 0 Å². The Morgan fingerprint density at radius 1 is 1.07 bits per heavy atom. The van der Waals surface area contributed by atoms with Gasteiger partial charge >= 0.3 is 5.97 Å². The van der Waals surface area contributed by atoms with Crippen molar-refractivity contribution in [3.8, 4) is 17.2 Å². The van der Waals surface area contributed by atoms with Crippen LogP contribution in [0.15, 0.2) is 45.8 Å². The van der Waals surface area contributed by atoms with Gasteiger partial charge in [0, 0.05) is 0 Å². The van der Waals surface area contributed by atoms with E-state index in [0.717, 1.165) is 11.8 Å². The van der Waals surface area contributed by atoms with Crippen molar-refractivity contribution in [3.05, 3.63) is 56.9 Å². The summed E-state index contributed by atoms with van der Waals surface area (Å²) in [6, 6.07) is 9.93. The summed E-state index contributed by atoms with van der Waals surface area (Å²) in [6.07, 6.45) is 1.60. The highest BCUT2D eigenvalue weighted by Gasteiger charge is 2.25. The molecule has 0 radical (unpaired) electrons. The number of carbonyl (C=O) groups excluding carboxylic acids is 3. The first-order chi connectivity index (χ1) is 13.4. The maximum atomic E-state index is 11.7. The predicted octanol–water partition coefficient (Wildman–Crippen LogP) is 4.36. The molecule has 1 saturated heterocycles. The number of hydrogen-bond donors (Lipinski definition) is 1. The monoisotopic (exact) mass is 463 g/mol. The molecule has 0 unspecified atom stereocenters. The Kier molecular flexibility index (Phi) is 6.05. The molecule has 2 aromatic carbocycles. The van der Waals surface area contributed by atoms with Crippen LogP contribution in [-0.2, 0) is 9.53 Å². The van der Waals surface area contributed by atoms with Crippen LogP contribution in [0.4, 0.5) is 4.79 Å². The van der Waals surface area contributed by atoms with Crippen LogP contribution in [0.1, 0.15) is 15.9 Å². The van der Waals surface area contributed by atoms with Gasteiger partial charge in [-0.2, -0.15) is 0 Å². The summed E-state index contributed by atoms with van der Waals surface area (Å²) in [4.78, 5) is 34.8. The third kappa shape index (κ3) is 4.37. The van der Waals surface area contributed by atoms with Gasteiger partial charge in [-0.25, -0.2) is 4.79 Å². The van der Waals surface area contributed by atoms with E-state index in [1.807, 2.05) is 0 Å². The molecule has 9 heteroatoms. The van der Waals surface area contributed by atoms with Gasteiger partial charge in [0.15, 0.2) is 11.5 Å². The van der Waals surface area contributed by atoms with E-state index in [1.165, 1.54) is 14.2 Å². The molecule has 1 N–H and O–H groups in total. The largest absolute Gasteiger partial charge is 0.493 e. The van der Waals surface area contributed by atoms with Gasteiger partial charge in [-0.1, -0.05) is 6.07 Å². The molecule has 7 nitrogen and oxygen atoms in total. The number of ether oxygens (including phenoxy) is 3. The Morgan fingerprint density at radius 3 is 2.43 bits per heavy atom. The number of benzene rings is 2. The van der Waals surface area contributed by atoms with Gasteiger partial charge < -0.3 is 14.2 Å². The van der Waals surface area contributed by atoms with Gasteiger partial charge in [-0.05, 0) is 69.7 Å². The van der Waals surface area contributed by atoms with Crippen molar-refractivity contribution in [2.24, 2.45) is 0 Å². The fourth-order valence-corrected chi connectivity index (χ4v) is 3.52. The predicted molar refractivity (Wildman–Crippen MR) is 108 cm³/mol. The van der Waals surface area contributed by atoms with Gasteiger partial charge in [-0.3, -0.25) is 14.9 Å². The van der Waals surface area contributed by atoms with Gasteiger partial charge in [0.25, 0.3) is 11.1 Å². The topological polar surface area (TPSA) is 90.9 Å². The number of halogens is 1. The molecule has 144 valence electrons. The summed E-state index contributed by atoms with van der Waals surface area (Å²) in [6.45, 7) is 0. The van der Waals surface area contributed by atoms with E-state index in [9.17, 15) is 14.4 Å². The van der Waals surface area contributed by atoms with Crippen LogP contribution >= 0.6 is 27.7 Å². The minimum Gasteiger partial charge on any atom is -0.493 e. The van der Waals surface area contributed by atoms with Crippen molar-refractivity contribution in [1.29, 1.82) is 0 Å². The fourth-order valence-electron chi connectivity index (χ4n) is 2.38. The summed E-state index contributed by atoms with van der Waals surface area (Å²) in [5.74, 6) is 0.482. The number of hydrogen-bond acceptors (Lipinski definition) is 7. The summed E-state index contributed by atoms with van der Waals surface area (Å²) >= 11 is 4.21. The molecule has 28 heavy (non-hydrogen) atoms. The van der Waals surface area contributed by atoms with E-state index in [2.05, 4.69) is 21.2 Å². The quantitative estimate of drug-likeness (QED) is 0.520. The molecule has 0 aliphatic carbocycles. The smallest absolute Gasteiger partial charge is 0.337 e. The van der Waals surface area contributed by atoms with Crippen LogP contribution in [0.3, 0.4) is 0 Å². The van der Waals surface area contributed by atoms with Gasteiger partial charge in [0.2, 0.25) is 0 Å². The normalized spacial score (nSPS) is 14.8.